The summed E-state index contributed by atoms with van der Waals surface area (Å²) in [6.45, 7) is 3.83. The molecule has 1 aliphatic heterocycles. The SMILES string of the molecule is CC(C)CC(NC(=O)C1NC(c2ccccc2)C([N+](=O)[O-])C1c1cccs1)B(O)O. The molecule has 5 atom stereocenters. The highest BCUT2D eigenvalue weighted by atomic mass is 32.1. The summed E-state index contributed by atoms with van der Waals surface area (Å²) in [5, 5.41) is 39.2. The molecular weight excluding hydrogens is 405 g/mol. The van der Waals surface area contributed by atoms with Gasteiger partial charge in [-0.1, -0.05) is 50.2 Å². The fourth-order valence-corrected chi connectivity index (χ4v) is 5.00. The van der Waals surface area contributed by atoms with E-state index in [-0.39, 0.29) is 10.8 Å². The van der Waals surface area contributed by atoms with E-state index in [0.717, 1.165) is 10.4 Å². The van der Waals surface area contributed by atoms with Crippen LogP contribution in [0.4, 0.5) is 0 Å². The monoisotopic (exact) mass is 431 g/mol. The zero-order valence-electron chi connectivity index (χ0n) is 16.8. The molecule has 5 unspecified atom stereocenters. The largest absolute Gasteiger partial charge is 0.475 e. The van der Waals surface area contributed by atoms with Crippen LogP contribution in [0.15, 0.2) is 47.8 Å². The zero-order valence-corrected chi connectivity index (χ0v) is 17.7. The Kier molecular flexibility index (Phi) is 7.25. The number of rotatable bonds is 8. The van der Waals surface area contributed by atoms with E-state index >= 15 is 0 Å². The number of thiophene rings is 1. The van der Waals surface area contributed by atoms with Crippen molar-refractivity contribution in [1.29, 1.82) is 0 Å². The first-order chi connectivity index (χ1) is 14.3. The summed E-state index contributed by atoms with van der Waals surface area (Å²) >= 11 is 1.37. The van der Waals surface area contributed by atoms with E-state index < -0.39 is 43.0 Å². The first-order valence-corrected chi connectivity index (χ1v) is 10.8. The summed E-state index contributed by atoms with van der Waals surface area (Å²) in [5.41, 5.74) is 0.733. The van der Waals surface area contributed by atoms with Gasteiger partial charge < -0.3 is 15.4 Å². The van der Waals surface area contributed by atoms with Gasteiger partial charge >= 0.3 is 7.12 Å². The van der Waals surface area contributed by atoms with Crippen molar-refractivity contribution in [2.45, 2.75) is 50.3 Å². The Labute approximate surface area is 179 Å². The van der Waals surface area contributed by atoms with Crippen LogP contribution in [-0.2, 0) is 4.79 Å². The van der Waals surface area contributed by atoms with Gasteiger partial charge in [-0.2, -0.15) is 0 Å². The number of amides is 1. The molecule has 0 radical (unpaired) electrons. The smallest absolute Gasteiger partial charge is 0.426 e. The molecule has 2 heterocycles. The molecule has 0 aliphatic carbocycles. The first kappa shape index (κ1) is 22.4. The third-order valence-corrected chi connectivity index (χ3v) is 6.37. The van der Waals surface area contributed by atoms with E-state index in [1.807, 2.05) is 37.4 Å². The standard InChI is InChI=1S/C20H26BN3O5S/c1-12(2)11-15(21(26)27)22-20(25)18-16(14-9-6-10-30-14)19(24(28)29)17(23-18)13-7-4-3-5-8-13/h3-10,12,15-19,23,26-27H,11H2,1-2H3,(H,22,25). The van der Waals surface area contributed by atoms with Gasteiger partial charge in [-0.25, -0.2) is 0 Å². The number of carbonyl (C=O) groups is 1. The van der Waals surface area contributed by atoms with E-state index in [2.05, 4.69) is 10.6 Å². The summed E-state index contributed by atoms with van der Waals surface area (Å²) in [6.07, 6.45) is 0.376. The third-order valence-electron chi connectivity index (χ3n) is 5.40. The second-order valence-corrected chi connectivity index (χ2v) is 8.99. The Bertz CT molecular complexity index is 849. The van der Waals surface area contributed by atoms with Gasteiger partial charge in [0.1, 0.15) is 12.1 Å². The minimum absolute atomic E-state index is 0.130. The molecule has 0 saturated carbocycles. The maximum absolute atomic E-state index is 13.2. The summed E-state index contributed by atoms with van der Waals surface area (Å²) in [4.78, 5) is 25.7. The minimum atomic E-state index is -1.71. The molecular formula is C20H26BN3O5S. The van der Waals surface area contributed by atoms with Gasteiger partial charge in [0.15, 0.2) is 0 Å². The van der Waals surface area contributed by atoms with Gasteiger partial charge in [-0.05, 0) is 29.3 Å². The fraction of sp³-hybridized carbons (Fsp3) is 0.450. The van der Waals surface area contributed by atoms with Crippen molar-refractivity contribution in [1.82, 2.24) is 10.6 Å². The lowest BCUT2D eigenvalue weighted by molar-refractivity contribution is -0.527. The van der Waals surface area contributed by atoms with Crippen LogP contribution in [0.1, 0.15) is 42.7 Å². The highest BCUT2D eigenvalue weighted by molar-refractivity contribution is 7.10. The number of nitrogens with zero attached hydrogens (tertiary/aromatic N) is 1. The molecule has 1 aromatic heterocycles. The van der Waals surface area contributed by atoms with Crippen LogP contribution in [0.5, 0.6) is 0 Å². The van der Waals surface area contributed by atoms with Gasteiger partial charge in [0.05, 0.1) is 11.9 Å². The molecule has 160 valence electrons. The van der Waals surface area contributed by atoms with Gasteiger partial charge in [-0.15, -0.1) is 11.3 Å². The van der Waals surface area contributed by atoms with Crippen molar-refractivity contribution in [3.05, 3.63) is 68.4 Å². The first-order valence-electron chi connectivity index (χ1n) is 9.94. The number of nitro groups is 1. The highest BCUT2D eigenvalue weighted by Gasteiger charge is 2.55. The van der Waals surface area contributed by atoms with Crippen LogP contribution >= 0.6 is 11.3 Å². The molecule has 1 saturated heterocycles. The molecule has 3 rings (SSSR count). The van der Waals surface area contributed by atoms with E-state index in [1.165, 1.54) is 11.3 Å². The Hall–Kier alpha value is -2.27. The van der Waals surface area contributed by atoms with Crippen molar-refractivity contribution < 1.29 is 19.8 Å². The molecule has 1 fully saturated rings. The Morgan fingerprint density at radius 2 is 1.97 bits per heavy atom. The molecule has 30 heavy (non-hydrogen) atoms. The number of hydrogen-bond donors (Lipinski definition) is 4. The van der Waals surface area contributed by atoms with E-state index in [0.29, 0.717) is 6.42 Å². The normalized spacial score (nSPS) is 24.6. The summed E-state index contributed by atoms with van der Waals surface area (Å²) in [5.74, 6) is -1.88. The number of carbonyl (C=O) groups excluding carboxylic acids is 1. The average molecular weight is 431 g/mol. The maximum Gasteiger partial charge on any atom is 0.475 e. The zero-order chi connectivity index (χ0) is 21.8. The fourth-order valence-electron chi connectivity index (χ4n) is 4.09. The van der Waals surface area contributed by atoms with Crippen molar-refractivity contribution in [2.75, 3.05) is 0 Å². The number of benzene rings is 1. The van der Waals surface area contributed by atoms with Crippen LogP contribution in [0.3, 0.4) is 0 Å². The second kappa shape index (κ2) is 9.70. The van der Waals surface area contributed by atoms with Gasteiger partial charge in [-0.3, -0.25) is 20.2 Å². The molecule has 1 aromatic carbocycles. The molecule has 10 heteroatoms. The second-order valence-electron chi connectivity index (χ2n) is 8.01. The lowest BCUT2D eigenvalue weighted by Gasteiger charge is -2.24. The topological polar surface area (TPSA) is 125 Å². The van der Waals surface area contributed by atoms with Crippen molar-refractivity contribution in [2.24, 2.45) is 5.92 Å². The predicted octanol–water partition coefficient (Wildman–Crippen LogP) is 1.73. The van der Waals surface area contributed by atoms with Crippen LogP contribution in [0.2, 0.25) is 0 Å². The van der Waals surface area contributed by atoms with Crippen LogP contribution in [0.25, 0.3) is 0 Å². The van der Waals surface area contributed by atoms with E-state index in [1.54, 1.807) is 24.3 Å². The van der Waals surface area contributed by atoms with Crippen molar-refractivity contribution >= 4 is 24.4 Å². The molecule has 1 aliphatic rings. The van der Waals surface area contributed by atoms with Crippen molar-refractivity contribution in [3.63, 3.8) is 0 Å². The summed E-state index contributed by atoms with van der Waals surface area (Å²) in [7, 11) is -1.71. The summed E-state index contributed by atoms with van der Waals surface area (Å²) < 4.78 is 0. The van der Waals surface area contributed by atoms with Crippen LogP contribution < -0.4 is 10.6 Å². The molecule has 4 N–H and O–H groups in total. The molecule has 0 spiro atoms. The Morgan fingerprint density at radius 3 is 2.50 bits per heavy atom. The van der Waals surface area contributed by atoms with Crippen LogP contribution in [0, 0.1) is 16.0 Å². The van der Waals surface area contributed by atoms with Crippen LogP contribution in [-0.4, -0.2) is 46.0 Å². The van der Waals surface area contributed by atoms with Gasteiger partial charge in [0.25, 0.3) is 0 Å². The van der Waals surface area contributed by atoms with Gasteiger partial charge in [0, 0.05) is 9.80 Å². The molecule has 1 amide bonds. The van der Waals surface area contributed by atoms with E-state index in [4.69, 9.17) is 0 Å². The highest BCUT2D eigenvalue weighted by Crippen LogP contribution is 2.41. The lowest BCUT2D eigenvalue weighted by Crippen LogP contribution is -2.53. The molecule has 8 nitrogen and oxygen atoms in total. The average Bonchev–Trinajstić information content (AvgIpc) is 3.35. The molecule has 2 aromatic rings. The Morgan fingerprint density at radius 1 is 1.27 bits per heavy atom. The summed E-state index contributed by atoms with van der Waals surface area (Å²) in [6, 6.07) is 10.1. The molecule has 0 bridgehead atoms. The minimum Gasteiger partial charge on any atom is -0.426 e. The third kappa shape index (κ3) is 4.89. The van der Waals surface area contributed by atoms with E-state index in [9.17, 15) is 25.0 Å². The number of hydrogen-bond acceptors (Lipinski definition) is 7. The van der Waals surface area contributed by atoms with Gasteiger partial charge in [0.2, 0.25) is 11.9 Å². The number of nitrogens with one attached hydrogen (secondary N) is 2. The lowest BCUT2D eigenvalue weighted by atomic mass is 9.74. The predicted molar refractivity (Wildman–Crippen MR) is 116 cm³/mol. The Balaban J connectivity index is 1.94. The van der Waals surface area contributed by atoms with Crippen molar-refractivity contribution in [3.8, 4) is 0 Å². The maximum atomic E-state index is 13.2. The quantitative estimate of drug-likeness (QED) is 0.287.